The van der Waals surface area contributed by atoms with Gasteiger partial charge < -0.3 is 4.90 Å². The molecule has 74 valence electrons. The maximum atomic E-state index is 2.36. The van der Waals surface area contributed by atoms with Crippen molar-refractivity contribution >= 4 is 0 Å². The maximum Gasteiger partial charge on any atom is 0.00891 e. The first kappa shape index (κ1) is 12.0. The molecule has 0 spiro atoms. The van der Waals surface area contributed by atoms with Crippen molar-refractivity contribution in [1.29, 1.82) is 0 Å². The second-order valence-electron chi connectivity index (χ2n) is 3.96. The molecule has 0 aromatic heterocycles. The lowest BCUT2D eigenvalue weighted by atomic mass is 9.95. The molecular formula is C11H25N. The van der Waals surface area contributed by atoms with E-state index in [2.05, 4.69) is 32.8 Å². The molecule has 0 saturated heterocycles. The monoisotopic (exact) mass is 171 g/mol. The molecule has 1 rings (SSSR count). The predicted octanol–water partition coefficient (Wildman–Crippen LogP) is 3.30. The number of hydrogen-bond acceptors (Lipinski definition) is 1. The fraction of sp³-hybridized carbons (Fsp3) is 1.00. The zero-order valence-corrected chi connectivity index (χ0v) is 9.27. The summed E-state index contributed by atoms with van der Waals surface area (Å²) in [4.78, 5) is 2.36. The Morgan fingerprint density at radius 2 is 1.42 bits per heavy atom. The molecule has 1 aliphatic carbocycles. The van der Waals surface area contributed by atoms with E-state index in [1.807, 2.05) is 0 Å². The van der Waals surface area contributed by atoms with E-state index in [4.69, 9.17) is 0 Å². The maximum absolute atomic E-state index is 2.36. The Morgan fingerprint density at radius 3 is 1.67 bits per heavy atom. The largest absolute Gasteiger partial charge is 0.306 e. The van der Waals surface area contributed by atoms with Gasteiger partial charge in [0.2, 0.25) is 0 Å². The molecule has 1 saturated carbocycles. The van der Waals surface area contributed by atoms with Crippen LogP contribution >= 0.6 is 0 Å². The summed E-state index contributed by atoms with van der Waals surface area (Å²) in [6, 6.07) is 0.888. The lowest BCUT2D eigenvalue weighted by Gasteiger charge is -2.27. The molecule has 0 aromatic rings. The van der Waals surface area contributed by atoms with Gasteiger partial charge in [0, 0.05) is 6.04 Å². The van der Waals surface area contributed by atoms with Crippen LogP contribution in [-0.2, 0) is 0 Å². The van der Waals surface area contributed by atoms with Gasteiger partial charge in [-0.05, 0) is 26.9 Å². The van der Waals surface area contributed by atoms with Gasteiger partial charge in [-0.2, -0.15) is 0 Å². The molecule has 1 aliphatic rings. The van der Waals surface area contributed by atoms with Gasteiger partial charge in [-0.3, -0.25) is 0 Å². The van der Waals surface area contributed by atoms with Crippen LogP contribution in [-0.4, -0.2) is 25.0 Å². The highest BCUT2D eigenvalue weighted by Crippen LogP contribution is 2.20. The Labute approximate surface area is 78.1 Å². The van der Waals surface area contributed by atoms with Gasteiger partial charge in [0.05, 0.1) is 0 Å². The molecule has 1 nitrogen and oxygen atoms in total. The predicted molar refractivity (Wildman–Crippen MR) is 56.5 cm³/mol. The SMILES string of the molecule is CCC.CN(C)C1CCCCC1. The molecule has 0 N–H and O–H groups in total. The van der Waals surface area contributed by atoms with E-state index >= 15 is 0 Å². The fourth-order valence-corrected chi connectivity index (χ4v) is 1.60. The Hall–Kier alpha value is -0.0400. The molecule has 0 heterocycles. The zero-order valence-electron chi connectivity index (χ0n) is 9.27. The first-order valence-corrected chi connectivity index (χ1v) is 5.38. The van der Waals surface area contributed by atoms with E-state index in [1.54, 1.807) is 0 Å². The lowest BCUT2D eigenvalue weighted by molar-refractivity contribution is 0.229. The second-order valence-corrected chi connectivity index (χ2v) is 3.96. The minimum Gasteiger partial charge on any atom is -0.306 e. The van der Waals surface area contributed by atoms with Crippen LogP contribution < -0.4 is 0 Å². The van der Waals surface area contributed by atoms with Crippen molar-refractivity contribution in [1.82, 2.24) is 4.90 Å². The van der Waals surface area contributed by atoms with Crippen LogP contribution in [0.5, 0.6) is 0 Å². The van der Waals surface area contributed by atoms with E-state index in [1.165, 1.54) is 38.5 Å². The van der Waals surface area contributed by atoms with E-state index in [0.29, 0.717) is 0 Å². The number of hydrogen-bond donors (Lipinski definition) is 0. The van der Waals surface area contributed by atoms with Crippen molar-refractivity contribution in [2.24, 2.45) is 0 Å². The summed E-state index contributed by atoms with van der Waals surface area (Å²) >= 11 is 0. The molecule has 0 unspecified atom stereocenters. The third kappa shape index (κ3) is 5.59. The third-order valence-corrected chi connectivity index (χ3v) is 2.30. The Balaban J connectivity index is 0.000000354. The molecule has 0 amide bonds. The van der Waals surface area contributed by atoms with Crippen molar-refractivity contribution < 1.29 is 0 Å². The zero-order chi connectivity index (χ0) is 9.40. The molecule has 0 aliphatic heterocycles. The van der Waals surface area contributed by atoms with Crippen LogP contribution in [0.4, 0.5) is 0 Å². The molecule has 0 bridgehead atoms. The van der Waals surface area contributed by atoms with E-state index < -0.39 is 0 Å². The van der Waals surface area contributed by atoms with Gasteiger partial charge in [-0.1, -0.05) is 39.5 Å². The molecule has 0 radical (unpaired) electrons. The minimum atomic E-state index is 0.888. The van der Waals surface area contributed by atoms with Crippen molar-refractivity contribution in [2.75, 3.05) is 14.1 Å². The van der Waals surface area contributed by atoms with Crippen molar-refractivity contribution in [3.05, 3.63) is 0 Å². The number of nitrogens with zero attached hydrogens (tertiary/aromatic N) is 1. The van der Waals surface area contributed by atoms with Crippen LogP contribution in [0.1, 0.15) is 52.4 Å². The van der Waals surface area contributed by atoms with Crippen molar-refractivity contribution in [3.63, 3.8) is 0 Å². The Bertz CT molecular complexity index is 83.0. The van der Waals surface area contributed by atoms with Gasteiger partial charge in [0.1, 0.15) is 0 Å². The van der Waals surface area contributed by atoms with Gasteiger partial charge in [-0.15, -0.1) is 0 Å². The summed E-state index contributed by atoms with van der Waals surface area (Å²) in [6.45, 7) is 4.25. The lowest BCUT2D eigenvalue weighted by Crippen LogP contribution is -2.29. The highest BCUT2D eigenvalue weighted by molar-refractivity contribution is 4.70. The van der Waals surface area contributed by atoms with Crippen molar-refractivity contribution in [3.8, 4) is 0 Å². The van der Waals surface area contributed by atoms with Gasteiger partial charge in [-0.25, -0.2) is 0 Å². The second kappa shape index (κ2) is 7.60. The molecule has 0 atom stereocenters. The van der Waals surface area contributed by atoms with Crippen molar-refractivity contribution in [2.45, 2.75) is 58.4 Å². The summed E-state index contributed by atoms with van der Waals surface area (Å²) in [5, 5.41) is 0. The summed E-state index contributed by atoms with van der Waals surface area (Å²) in [5.41, 5.74) is 0. The first-order valence-electron chi connectivity index (χ1n) is 5.38. The van der Waals surface area contributed by atoms with Gasteiger partial charge in [0.15, 0.2) is 0 Å². The highest BCUT2D eigenvalue weighted by atomic mass is 15.1. The molecule has 1 heteroatoms. The summed E-state index contributed by atoms with van der Waals surface area (Å²) < 4.78 is 0. The quantitative estimate of drug-likeness (QED) is 0.585. The average molecular weight is 171 g/mol. The van der Waals surface area contributed by atoms with Crippen LogP contribution in [0.15, 0.2) is 0 Å². The fourth-order valence-electron chi connectivity index (χ4n) is 1.60. The van der Waals surface area contributed by atoms with E-state index in [0.717, 1.165) is 6.04 Å². The Kier molecular flexibility index (Phi) is 7.58. The molecule has 1 fully saturated rings. The normalized spacial score (nSPS) is 18.8. The smallest absolute Gasteiger partial charge is 0.00891 e. The van der Waals surface area contributed by atoms with E-state index in [-0.39, 0.29) is 0 Å². The van der Waals surface area contributed by atoms with Crippen LogP contribution in [0.25, 0.3) is 0 Å². The first-order chi connectivity index (χ1) is 5.72. The number of rotatable bonds is 1. The molecular weight excluding hydrogens is 146 g/mol. The van der Waals surface area contributed by atoms with Crippen LogP contribution in [0.3, 0.4) is 0 Å². The minimum absolute atomic E-state index is 0.888. The summed E-state index contributed by atoms with van der Waals surface area (Å²) in [5.74, 6) is 0. The molecule has 0 aromatic carbocycles. The van der Waals surface area contributed by atoms with Crippen LogP contribution in [0.2, 0.25) is 0 Å². The standard InChI is InChI=1S/C8H17N.C3H8/c1-9(2)8-6-4-3-5-7-8;1-3-2/h8H,3-7H2,1-2H3;3H2,1-2H3. The highest BCUT2D eigenvalue weighted by Gasteiger charge is 2.13. The van der Waals surface area contributed by atoms with E-state index in [9.17, 15) is 0 Å². The summed E-state index contributed by atoms with van der Waals surface area (Å²) in [6.07, 6.45) is 8.45. The topological polar surface area (TPSA) is 3.24 Å². The van der Waals surface area contributed by atoms with Crippen LogP contribution in [0, 0.1) is 0 Å². The average Bonchev–Trinajstić information content (AvgIpc) is 2.07. The third-order valence-electron chi connectivity index (χ3n) is 2.30. The molecule has 12 heavy (non-hydrogen) atoms. The Morgan fingerprint density at radius 1 is 1.00 bits per heavy atom. The van der Waals surface area contributed by atoms with Gasteiger partial charge >= 0.3 is 0 Å². The van der Waals surface area contributed by atoms with Gasteiger partial charge in [0.25, 0.3) is 0 Å². The summed E-state index contributed by atoms with van der Waals surface area (Å²) in [7, 11) is 4.38.